The van der Waals surface area contributed by atoms with Crippen LogP contribution in [-0.2, 0) is 6.42 Å². The summed E-state index contributed by atoms with van der Waals surface area (Å²) >= 11 is 15.8. The molecule has 0 saturated carbocycles. The molecule has 1 aromatic heterocycles. The molecule has 1 N–H and O–H groups in total. The van der Waals surface area contributed by atoms with Gasteiger partial charge in [0, 0.05) is 16.5 Å². The molecule has 0 spiro atoms. The van der Waals surface area contributed by atoms with Crippen molar-refractivity contribution in [2.24, 2.45) is 0 Å². The number of hydrogen-bond donors (Lipinski definition) is 1. The second-order valence-corrected chi connectivity index (χ2v) is 6.08. The third kappa shape index (κ3) is 3.62. The number of halogens is 3. The summed E-state index contributed by atoms with van der Waals surface area (Å²) in [5, 5.41) is 4.32. The summed E-state index contributed by atoms with van der Waals surface area (Å²) < 4.78 is 0.941. The van der Waals surface area contributed by atoms with Gasteiger partial charge in [0.05, 0.1) is 10.7 Å². The Morgan fingerprint density at radius 2 is 2.00 bits per heavy atom. The Hall–Kier alpha value is -0.840. The van der Waals surface area contributed by atoms with E-state index in [0.717, 1.165) is 34.4 Å². The molecule has 0 saturated heterocycles. The number of anilines is 2. The molecule has 0 radical (unpaired) electrons. The maximum atomic E-state index is 6.18. The number of rotatable bonds is 4. The number of nitrogens with zero attached hydrogens (tertiary/aromatic N) is 2. The van der Waals surface area contributed by atoms with Gasteiger partial charge >= 0.3 is 0 Å². The molecule has 3 nitrogen and oxygen atoms in total. The summed E-state index contributed by atoms with van der Waals surface area (Å²) in [5.74, 6) is 1.42. The monoisotopic (exact) mass is 373 g/mol. The van der Waals surface area contributed by atoms with Crippen LogP contribution in [0.4, 0.5) is 11.5 Å². The molecule has 0 aliphatic carbocycles. The fraction of sp³-hybridized carbons (Fsp3) is 0.286. The minimum absolute atomic E-state index is 0.470. The van der Waals surface area contributed by atoms with Gasteiger partial charge in [-0.15, -0.1) is 0 Å². The fourth-order valence-corrected chi connectivity index (χ4v) is 2.42. The third-order valence-corrected chi connectivity index (χ3v) is 3.98. The van der Waals surface area contributed by atoms with Crippen LogP contribution in [0.3, 0.4) is 0 Å². The average Bonchev–Trinajstić information content (AvgIpc) is 2.40. The molecule has 0 unspecified atom stereocenters. The highest BCUT2D eigenvalue weighted by atomic mass is 79.9. The van der Waals surface area contributed by atoms with Crippen LogP contribution in [0.1, 0.15) is 24.7 Å². The summed E-state index contributed by atoms with van der Waals surface area (Å²) in [4.78, 5) is 8.79. The van der Waals surface area contributed by atoms with Crippen molar-refractivity contribution in [3.63, 3.8) is 0 Å². The van der Waals surface area contributed by atoms with Crippen molar-refractivity contribution in [1.82, 2.24) is 9.97 Å². The largest absolute Gasteiger partial charge is 0.339 e. The lowest BCUT2D eigenvalue weighted by Crippen LogP contribution is -2.04. The summed E-state index contributed by atoms with van der Waals surface area (Å²) in [7, 11) is 0. The molecule has 0 fully saturated rings. The van der Waals surface area contributed by atoms with Crippen molar-refractivity contribution < 1.29 is 0 Å². The lowest BCUT2D eigenvalue weighted by atomic mass is 10.2. The standard InChI is InChI=1S/C14H14BrCl2N3/c1-3-4-12-19-13(17)8(2)14(20-12)18-11-7-9(15)5-6-10(11)16/h5-7H,3-4H2,1-2H3,(H,18,19,20). The number of aromatic nitrogens is 2. The molecule has 2 aromatic rings. The van der Waals surface area contributed by atoms with Crippen molar-refractivity contribution in [3.8, 4) is 0 Å². The van der Waals surface area contributed by atoms with Gasteiger partial charge in [-0.1, -0.05) is 46.1 Å². The molecule has 0 atom stereocenters. The first kappa shape index (κ1) is 15.5. The normalized spacial score (nSPS) is 10.7. The van der Waals surface area contributed by atoms with Gasteiger partial charge < -0.3 is 5.32 Å². The molecular weight excluding hydrogens is 361 g/mol. The molecule has 2 rings (SSSR count). The summed E-state index contributed by atoms with van der Waals surface area (Å²) in [6, 6.07) is 5.60. The van der Waals surface area contributed by atoms with E-state index in [-0.39, 0.29) is 0 Å². The van der Waals surface area contributed by atoms with Gasteiger partial charge in [-0.3, -0.25) is 0 Å². The van der Waals surface area contributed by atoms with E-state index < -0.39 is 0 Å². The fourth-order valence-electron chi connectivity index (χ4n) is 1.71. The molecule has 106 valence electrons. The van der Waals surface area contributed by atoms with E-state index in [2.05, 4.69) is 38.1 Å². The zero-order chi connectivity index (χ0) is 14.7. The minimum atomic E-state index is 0.470. The number of aryl methyl sites for hydroxylation is 1. The van der Waals surface area contributed by atoms with Crippen LogP contribution in [0.15, 0.2) is 22.7 Å². The van der Waals surface area contributed by atoms with Crippen LogP contribution in [0.25, 0.3) is 0 Å². The van der Waals surface area contributed by atoms with E-state index >= 15 is 0 Å². The van der Waals surface area contributed by atoms with Crippen molar-refractivity contribution >= 4 is 50.6 Å². The molecule has 0 bridgehead atoms. The Kier molecular flexibility index (Phi) is 5.24. The van der Waals surface area contributed by atoms with E-state index in [9.17, 15) is 0 Å². The predicted molar refractivity (Wildman–Crippen MR) is 88.2 cm³/mol. The first-order valence-electron chi connectivity index (χ1n) is 6.26. The summed E-state index contributed by atoms with van der Waals surface area (Å²) in [5.41, 5.74) is 1.59. The number of benzene rings is 1. The average molecular weight is 375 g/mol. The van der Waals surface area contributed by atoms with Crippen LogP contribution in [-0.4, -0.2) is 9.97 Å². The van der Waals surface area contributed by atoms with Gasteiger partial charge in [-0.2, -0.15) is 0 Å². The maximum Gasteiger partial charge on any atom is 0.138 e. The van der Waals surface area contributed by atoms with Crippen molar-refractivity contribution in [1.29, 1.82) is 0 Å². The number of nitrogens with one attached hydrogen (secondary N) is 1. The van der Waals surface area contributed by atoms with Gasteiger partial charge in [0.2, 0.25) is 0 Å². The topological polar surface area (TPSA) is 37.8 Å². The van der Waals surface area contributed by atoms with E-state index in [1.165, 1.54) is 0 Å². The van der Waals surface area contributed by atoms with Crippen LogP contribution in [0.5, 0.6) is 0 Å². The van der Waals surface area contributed by atoms with Crippen LogP contribution in [0.2, 0.25) is 10.2 Å². The molecular formula is C14H14BrCl2N3. The molecule has 6 heteroatoms. The van der Waals surface area contributed by atoms with Crippen LogP contribution in [0, 0.1) is 6.92 Å². The molecule has 0 aliphatic rings. The van der Waals surface area contributed by atoms with Gasteiger partial charge in [0.15, 0.2) is 0 Å². The van der Waals surface area contributed by atoms with Crippen molar-refractivity contribution in [2.75, 3.05) is 5.32 Å². The highest BCUT2D eigenvalue weighted by Gasteiger charge is 2.11. The minimum Gasteiger partial charge on any atom is -0.339 e. The van der Waals surface area contributed by atoms with Crippen molar-refractivity contribution in [2.45, 2.75) is 26.7 Å². The SMILES string of the molecule is CCCc1nc(Cl)c(C)c(Nc2cc(Br)ccc2Cl)n1. The van der Waals surface area contributed by atoms with Gasteiger partial charge in [-0.05, 0) is 31.5 Å². The Morgan fingerprint density at radius 3 is 2.70 bits per heavy atom. The van der Waals surface area contributed by atoms with E-state index in [0.29, 0.717) is 16.0 Å². The quantitative estimate of drug-likeness (QED) is 0.712. The highest BCUT2D eigenvalue weighted by molar-refractivity contribution is 9.10. The Morgan fingerprint density at radius 1 is 1.25 bits per heavy atom. The van der Waals surface area contributed by atoms with Gasteiger partial charge in [0.25, 0.3) is 0 Å². The Labute approximate surface area is 136 Å². The summed E-state index contributed by atoms with van der Waals surface area (Å²) in [6.45, 7) is 3.96. The third-order valence-electron chi connectivity index (χ3n) is 2.79. The molecule has 1 heterocycles. The number of hydrogen-bond acceptors (Lipinski definition) is 3. The smallest absolute Gasteiger partial charge is 0.138 e. The zero-order valence-electron chi connectivity index (χ0n) is 11.2. The Bertz CT molecular complexity index is 632. The van der Waals surface area contributed by atoms with E-state index in [1.807, 2.05) is 25.1 Å². The summed E-state index contributed by atoms with van der Waals surface area (Å²) in [6.07, 6.45) is 1.76. The van der Waals surface area contributed by atoms with Crippen LogP contribution < -0.4 is 5.32 Å². The first-order valence-corrected chi connectivity index (χ1v) is 7.81. The predicted octanol–water partition coefficient (Wildman–Crippen LogP) is 5.55. The first-order chi connectivity index (χ1) is 9.51. The van der Waals surface area contributed by atoms with Gasteiger partial charge in [-0.25, -0.2) is 9.97 Å². The highest BCUT2D eigenvalue weighted by Crippen LogP contribution is 2.30. The molecule has 1 aromatic carbocycles. The van der Waals surface area contributed by atoms with Crippen LogP contribution >= 0.6 is 39.1 Å². The lowest BCUT2D eigenvalue weighted by Gasteiger charge is -2.12. The molecule has 0 amide bonds. The molecule has 20 heavy (non-hydrogen) atoms. The zero-order valence-corrected chi connectivity index (χ0v) is 14.3. The van der Waals surface area contributed by atoms with E-state index in [1.54, 1.807) is 0 Å². The van der Waals surface area contributed by atoms with Crippen molar-refractivity contribution in [3.05, 3.63) is 44.2 Å². The van der Waals surface area contributed by atoms with E-state index in [4.69, 9.17) is 23.2 Å². The van der Waals surface area contributed by atoms with Gasteiger partial charge in [0.1, 0.15) is 16.8 Å². The maximum absolute atomic E-state index is 6.18. The Balaban J connectivity index is 2.39. The molecule has 0 aliphatic heterocycles. The second-order valence-electron chi connectivity index (χ2n) is 4.40. The second kappa shape index (κ2) is 6.74. The lowest BCUT2D eigenvalue weighted by molar-refractivity contribution is 0.833.